The summed E-state index contributed by atoms with van der Waals surface area (Å²) >= 11 is 0. The van der Waals surface area contributed by atoms with Crippen LogP contribution < -0.4 is 5.32 Å². The lowest BCUT2D eigenvalue weighted by Gasteiger charge is -2.33. The third-order valence-corrected chi connectivity index (χ3v) is 5.66. The molecule has 0 spiro atoms. The number of rotatable bonds is 5. The Morgan fingerprint density at radius 1 is 1.30 bits per heavy atom. The van der Waals surface area contributed by atoms with Crippen LogP contribution in [0.3, 0.4) is 0 Å². The average molecular weight is 296 g/mol. The first-order valence-corrected chi connectivity index (χ1v) is 9.06. The zero-order valence-corrected chi connectivity index (χ0v) is 13.1. The Bertz CT molecular complexity index is 543. The molecule has 1 saturated heterocycles. The summed E-state index contributed by atoms with van der Waals surface area (Å²) in [5.74, 6) is 0.565. The van der Waals surface area contributed by atoms with E-state index < -0.39 is 9.84 Å². The summed E-state index contributed by atoms with van der Waals surface area (Å²) in [7, 11) is -2.84. The summed E-state index contributed by atoms with van der Waals surface area (Å²) < 4.78 is 23.3. The largest absolute Gasteiger partial charge is 0.313 e. The Kier molecular flexibility index (Phi) is 5.18. The number of benzene rings is 1. The van der Waals surface area contributed by atoms with Gasteiger partial charge in [-0.2, -0.15) is 0 Å². The lowest BCUT2D eigenvalue weighted by molar-refractivity contribution is 0.217. The summed E-state index contributed by atoms with van der Waals surface area (Å²) in [4.78, 5) is 2.27. The number of hydrogen-bond acceptors (Lipinski definition) is 4. The Hall–Kier alpha value is -0.910. The van der Waals surface area contributed by atoms with Crippen LogP contribution in [0.25, 0.3) is 0 Å². The Morgan fingerprint density at radius 3 is 2.65 bits per heavy atom. The van der Waals surface area contributed by atoms with Gasteiger partial charge in [0.1, 0.15) is 0 Å². The molecule has 0 saturated carbocycles. The maximum atomic E-state index is 11.6. The van der Waals surface area contributed by atoms with Crippen molar-refractivity contribution in [1.82, 2.24) is 10.2 Å². The monoisotopic (exact) mass is 296 g/mol. The van der Waals surface area contributed by atoms with Gasteiger partial charge in [-0.25, -0.2) is 8.42 Å². The van der Waals surface area contributed by atoms with Crippen molar-refractivity contribution in [3.63, 3.8) is 0 Å². The number of nitrogens with one attached hydrogen (secondary N) is 1. The van der Waals surface area contributed by atoms with Crippen LogP contribution in [0.5, 0.6) is 0 Å². The van der Waals surface area contributed by atoms with E-state index in [2.05, 4.69) is 41.4 Å². The van der Waals surface area contributed by atoms with Gasteiger partial charge in [0.05, 0.1) is 11.5 Å². The van der Waals surface area contributed by atoms with Gasteiger partial charge in [-0.3, -0.25) is 4.90 Å². The molecular weight excluding hydrogens is 272 g/mol. The third kappa shape index (κ3) is 4.04. The van der Waals surface area contributed by atoms with Crippen LogP contribution in [-0.4, -0.2) is 44.0 Å². The second-order valence-corrected chi connectivity index (χ2v) is 7.71. The quantitative estimate of drug-likeness (QED) is 0.893. The highest BCUT2D eigenvalue weighted by Gasteiger charge is 2.28. The topological polar surface area (TPSA) is 49.4 Å². The molecule has 1 aliphatic heterocycles. The van der Waals surface area contributed by atoms with Crippen LogP contribution in [-0.2, 0) is 22.9 Å². The standard InChI is InChI=1S/C15H24N2O2S/c1-3-16-10-14-6-4-5-7-15(14)11-17-8-9-20(18,19)12-13(17)2/h4-7,13,16H,3,8-12H2,1-2H3. The molecule has 1 heterocycles. The second-order valence-electron chi connectivity index (χ2n) is 5.48. The molecule has 0 aliphatic carbocycles. The maximum absolute atomic E-state index is 11.6. The summed E-state index contributed by atoms with van der Waals surface area (Å²) in [6.07, 6.45) is 0. The van der Waals surface area contributed by atoms with Gasteiger partial charge in [0.15, 0.2) is 9.84 Å². The fraction of sp³-hybridized carbons (Fsp3) is 0.600. The lowest BCUT2D eigenvalue weighted by atomic mass is 10.1. The summed E-state index contributed by atoms with van der Waals surface area (Å²) in [6, 6.07) is 8.49. The maximum Gasteiger partial charge on any atom is 0.153 e. The molecule has 0 amide bonds. The van der Waals surface area contributed by atoms with E-state index in [1.807, 2.05) is 6.92 Å². The van der Waals surface area contributed by atoms with E-state index in [4.69, 9.17) is 0 Å². The van der Waals surface area contributed by atoms with E-state index in [-0.39, 0.29) is 17.5 Å². The van der Waals surface area contributed by atoms with Gasteiger partial charge in [-0.05, 0) is 24.6 Å². The van der Waals surface area contributed by atoms with Crippen molar-refractivity contribution < 1.29 is 8.42 Å². The zero-order valence-electron chi connectivity index (χ0n) is 12.3. The van der Waals surface area contributed by atoms with Crippen molar-refractivity contribution in [3.8, 4) is 0 Å². The SMILES string of the molecule is CCNCc1ccccc1CN1CCS(=O)(=O)CC1C. The van der Waals surface area contributed by atoms with Gasteiger partial charge in [-0.15, -0.1) is 0 Å². The predicted molar refractivity (Wildman–Crippen MR) is 82.3 cm³/mol. The van der Waals surface area contributed by atoms with Gasteiger partial charge >= 0.3 is 0 Å². The van der Waals surface area contributed by atoms with Gasteiger partial charge in [0, 0.05) is 25.7 Å². The molecule has 1 aliphatic rings. The minimum Gasteiger partial charge on any atom is -0.313 e. The van der Waals surface area contributed by atoms with Gasteiger partial charge < -0.3 is 5.32 Å². The van der Waals surface area contributed by atoms with E-state index in [0.717, 1.165) is 19.6 Å². The molecule has 112 valence electrons. The smallest absolute Gasteiger partial charge is 0.153 e. The minimum absolute atomic E-state index is 0.0981. The highest BCUT2D eigenvalue weighted by atomic mass is 32.2. The molecule has 1 aromatic rings. The molecule has 0 aromatic heterocycles. The van der Waals surface area contributed by atoms with Crippen molar-refractivity contribution in [2.75, 3.05) is 24.6 Å². The van der Waals surface area contributed by atoms with Crippen LogP contribution in [0.2, 0.25) is 0 Å². The Morgan fingerprint density at radius 2 is 2.00 bits per heavy atom. The van der Waals surface area contributed by atoms with Crippen LogP contribution in [0, 0.1) is 0 Å². The molecular formula is C15H24N2O2S. The van der Waals surface area contributed by atoms with Crippen LogP contribution in [0.15, 0.2) is 24.3 Å². The first kappa shape index (κ1) is 15.5. The molecule has 20 heavy (non-hydrogen) atoms. The fourth-order valence-corrected chi connectivity index (χ4v) is 4.26. The van der Waals surface area contributed by atoms with Crippen molar-refractivity contribution in [1.29, 1.82) is 0 Å². The molecule has 1 aromatic carbocycles. The Labute approximate surface area is 122 Å². The van der Waals surface area contributed by atoms with E-state index in [1.165, 1.54) is 11.1 Å². The summed E-state index contributed by atoms with van der Waals surface area (Å²) in [5, 5.41) is 3.35. The lowest BCUT2D eigenvalue weighted by Crippen LogP contribution is -2.46. The highest BCUT2D eigenvalue weighted by Crippen LogP contribution is 2.17. The molecule has 1 atom stereocenters. The molecule has 4 nitrogen and oxygen atoms in total. The van der Waals surface area contributed by atoms with Crippen molar-refractivity contribution in [2.24, 2.45) is 0 Å². The first-order chi connectivity index (χ1) is 9.52. The summed E-state index contributed by atoms with van der Waals surface area (Å²) in [5.41, 5.74) is 2.59. The fourth-order valence-electron chi connectivity index (χ4n) is 2.63. The zero-order chi connectivity index (χ0) is 14.6. The molecule has 5 heteroatoms. The van der Waals surface area contributed by atoms with Gasteiger partial charge in [0.2, 0.25) is 0 Å². The van der Waals surface area contributed by atoms with Gasteiger partial charge in [0.25, 0.3) is 0 Å². The second kappa shape index (κ2) is 6.70. The number of sulfone groups is 1. The number of hydrogen-bond donors (Lipinski definition) is 1. The van der Waals surface area contributed by atoms with Crippen LogP contribution in [0.4, 0.5) is 0 Å². The van der Waals surface area contributed by atoms with Crippen molar-refractivity contribution in [2.45, 2.75) is 33.0 Å². The van der Waals surface area contributed by atoms with E-state index in [9.17, 15) is 8.42 Å². The normalized spacial score (nSPS) is 22.8. The highest BCUT2D eigenvalue weighted by molar-refractivity contribution is 7.91. The third-order valence-electron chi connectivity index (χ3n) is 3.87. The predicted octanol–water partition coefficient (Wildman–Crippen LogP) is 1.42. The Balaban J connectivity index is 2.06. The van der Waals surface area contributed by atoms with Crippen LogP contribution in [0.1, 0.15) is 25.0 Å². The molecule has 0 bridgehead atoms. The van der Waals surface area contributed by atoms with E-state index in [0.29, 0.717) is 6.54 Å². The molecule has 2 rings (SSSR count). The summed E-state index contributed by atoms with van der Waals surface area (Å²) in [6.45, 7) is 7.39. The molecule has 1 unspecified atom stereocenters. The minimum atomic E-state index is -2.84. The first-order valence-electron chi connectivity index (χ1n) is 7.24. The molecule has 0 radical (unpaired) electrons. The van der Waals surface area contributed by atoms with E-state index >= 15 is 0 Å². The van der Waals surface area contributed by atoms with Crippen LogP contribution >= 0.6 is 0 Å². The van der Waals surface area contributed by atoms with E-state index in [1.54, 1.807) is 0 Å². The van der Waals surface area contributed by atoms with Gasteiger partial charge in [-0.1, -0.05) is 31.2 Å². The van der Waals surface area contributed by atoms with Crippen molar-refractivity contribution in [3.05, 3.63) is 35.4 Å². The number of nitrogens with zero attached hydrogens (tertiary/aromatic N) is 1. The average Bonchev–Trinajstić information content (AvgIpc) is 2.40. The van der Waals surface area contributed by atoms with Crippen molar-refractivity contribution >= 4 is 9.84 Å². The molecule has 1 N–H and O–H groups in total. The molecule has 1 fully saturated rings.